The number of nitrogen functional groups attached to an aromatic ring is 1. The molecule has 1 aromatic carbocycles. The zero-order chi connectivity index (χ0) is 13.4. The number of hydrogen-bond donors (Lipinski definition) is 2. The third-order valence-electron chi connectivity index (χ3n) is 2.13. The van der Waals surface area contributed by atoms with E-state index in [9.17, 15) is 9.90 Å². The molecule has 0 atom stereocenters. The minimum Gasteiger partial charge on any atom is -0.507 e. The lowest BCUT2D eigenvalue weighted by Crippen LogP contribution is -2.12. The van der Waals surface area contributed by atoms with E-state index in [4.69, 9.17) is 19.9 Å². The van der Waals surface area contributed by atoms with E-state index in [1.807, 2.05) is 0 Å². The van der Waals surface area contributed by atoms with Crippen LogP contribution in [0.5, 0.6) is 5.75 Å². The van der Waals surface area contributed by atoms with Gasteiger partial charge in [-0.3, -0.25) is 0 Å². The van der Waals surface area contributed by atoms with Crippen LogP contribution >= 0.6 is 0 Å². The van der Waals surface area contributed by atoms with Crippen molar-refractivity contribution in [3.63, 3.8) is 0 Å². The summed E-state index contributed by atoms with van der Waals surface area (Å²) in [5, 5.41) is 9.51. The van der Waals surface area contributed by atoms with E-state index in [1.54, 1.807) is 7.11 Å². The third-order valence-corrected chi connectivity index (χ3v) is 2.13. The van der Waals surface area contributed by atoms with Crippen LogP contribution in [0.2, 0.25) is 0 Å². The van der Waals surface area contributed by atoms with Gasteiger partial charge in [0.15, 0.2) is 0 Å². The van der Waals surface area contributed by atoms with Crippen molar-refractivity contribution >= 4 is 11.7 Å². The molecule has 6 heteroatoms. The van der Waals surface area contributed by atoms with Crippen LogP contribution in [0.4, 0.5) is 5.69 Å². The molecule has 6 nitrogen and oxygen atoms in total. The molecule has 1 rings (SSSR count). The van der Waals surface area contributed by atoms with Crippen molar-refractivity contribution in [3.05, 3.63) is 23.8 Å². The number of ether oxygens (including phenoxy) is 3. The fourth-order valence-corrected chi connectivity index (χ4v) is 1.24. The number of methoxy groups -OCH3 is 1. The Bertz CT molecular complexity index is 394. The fraction of sp³-hybridized carbons (Fsp3) is 0.417. The lowest BCUT2D eigenvalue weighted by Gasteiger charge is -2.07. The molecule has 0 aliphatic rings. The van der Waals surface area contributed by atoms with Gasteiger partial charge in [-0.15, -0.1) is 0 Å². The van der Waals surface area contributed by atoms with E-state index in [-0.39, 0.29) is 24.5 Å². The van der Waals surface area contributed by atoms with Crippen LogP contribution in [0, 0.1) is 0 Å². The monoisotopic (exact) mass is 255 g/mol. The number of phenolic OH excluding ortho intramolecular Hbond substituents is 1. The highest BCUT2D eigenvalue weighted by atomic mass is 16.6. The van der Waals surface area contributed by atoms with Gasteiger partial charge in [-0.05, 0) is 12.1 Å². The van der Waals surface area contributed by atoms with Crippen LogP contribution < -0.4 is 5.73 Å². The Morgan fingerprint density at radius 1 is 1.28 bits per heavy atom. The van der Waals surface area contributed by atoms with Crippen molar-refractivity contribution < 1.29 is 24.1 Å². The van der Waals surface area contributed by atoms with E-state index in [0.717, 1.165) is 0 Å². The van der Waals surface area contributed by atoms with Crippen LogP contribution in [-0.2, 0) is 14.2 Å². The second-order valence-corrected chi connectivity index (χ2v) is 3.52. The summed E-state index contributed by atoms with van der Waals surface area (Å²) in [7, 11) is 1.58. The molecule has 0 aromatic heterocycles. The Kier molecular flexibility index (Phi) is 5.96. The van der Waals surface area contributed by atoms with Gasteiger partial charge in [0, 0.05) is 18.9 Å². The largest absolute Gasteiger partial charge is 0.507 e. The molecule has 0 amide bonds. The predicted molar refractivity (Wildman–Crippen MR) is 65.5 cm³/mol. The molecule has 18 heavy (non-hydrogen) atoms. The zero-order valence-electron chi connectivity index (χ0n) is 10.2. The highest BCUT2D eigenvalue weighted by molar-refractivity contribution is 5.92. The van der Waals surface area contributed by atoms with E-state index in [0.29, 0.717) is 18.9 Å². The third kappa shape index (κ3) is 4.60. The average molecular weight is 255 g/mol. The lowest BCUT2D eigenvalue weighted by atomic mass is 10.2. The van der Waals surface area contributed by atoms with Crippen LogP contribution in [0.3, 0.4) is 0 Å². The number of carbonyl (C=O) groups excluding carboxylic acids is 1. The van der Waals surface area contributed by atoms with Crippen molar-refractivity contribution in [2.24, 2.45) is 0 Å². The van der Waals surface area contributed by atoms with Gasteiger partial charge in [-0.25, -0.2) is 4.79 Å². The summed E-state index contributed by atoms with van der Waals surface area (Å²) >= 11 is 0. The number of anilines is 1. The van der Waals surface area contributed by atoms with E-state index in [1.165, 1.54) is 18.2 Å². The molecule has 0 unspecified atom stereocenters. The van der Waals surface area contributed by atoms with Gasteiger partial charge in [0.2, 0.25) is 0 Å². The van der Waals surface area contributed by atoms with E-state index >= 15 is 0 Å². The summed E-state index contributed by atoms with van der Waals surface area (Å²) in [4.78, 5) is 11.6. The fourth-order valence-electron chi connectivity index (χ4n) is 1.24. The van der Waals surface area contributed by atoms with Gasteiger partial charge in [-0.1, -0.05) is 0 Å². The number of esters is 1. The molecule has 0 saturated heterocycles. The standard InChI is InChI=1S/C12H17NO5/c1-16-4-5-17-6-7-18-12(15)10-3-2-9(13)8-11(10)14/h2-3,8,14H,4-7,13H2,1H3. The Morgan fingerprint density at radius 2 is 2.00 bits per heavy atom. The Balaban J connectivity index is 2.32. The normalized spacial score (nSPS) is 10.3. The van der Waals surface area contributed by atoms with Crippen molar-refractivity contribution in [1.82, 2.24) is 0 Å². The second kappa shape index (κ2) is 7.52. The first-order valence-electron chi connectivity index (χ1n) is 5.47. The highest BCUT2D eigenvalue weighted by Gasteiger charge is 2.12. The molecular formula is C12H17NO5. The number of aromatic hydroxyl groups is 1. The molecule has 0 spiro atoms. The van der Waals surface area contributed by atoms with Gasteiger partial charge in [0.05, 0.1) is 19.8 Å². The molecule has 100 valence electrons. The molecule has 0 fully saturated rings. The first kappa shape index (κ1) is 14.3. The molecular weight excluding hydrogens is 238 g/mol. The van der Waals surface area contributed by atoms with Crippen LogP contribution in [0.25, 0.3) is 0 Å². The SMILES string of the molecule is COCCOCCOC(=O)c1ccc(N)cc1O. The van der Waals surface area contributed by atoms with Gasteiger partial charge >= 0.3 is 5.97 Å². The maximum Gasteiger partial charge on any atom is 0.341 e. The number of nitrogens with two attached hydrogens (primary N) is 1. The van der Waals surface area contributed by atoms with Crippen LogP contribution in [0.1, 0.15) is 10.4 Å². The molecule has 0 aliphatic carbocycles. The average Bonchev–Trinajstić information content (AvgIpc) is 2.33. The molecule has 0 radical (unpaired) electrons. The van der Waals surface area contributed by atoms with Crippen molar-refractivity contribution in [2.45, 2.75) is 0 Å². The summed E-state index contributed by atoms with van der Waals surface area (Å²) in [5.74, 6) is -0.803. The van der Waals surface area contributed by atoms with Crippen LogP contribution in [0.15, 0.2) is 18.2 Å². The Hall–Kier alpha value is -1.79. The van der Waals surface area contributed by atoms with Crippen LogP contribution in [-0.4, -0.2) is 44.6 Å². The first-order chi connectivity index (χ1) is 8.65. The number of carbonyl (C=O) groups is 1. The Labute approximate surface area is 105 Å². The molecule has 1 aromatic rings. The van der Waals surface area contributed by atoms with Crippen molar-refractivity contribution in [3.8, 4) is 5.75 Å². The van der Waals surface area contributed by atoms with Crippen molar-refractivity contribution in [1.29, 1.82) is 0 Å². The predicted octanol–water partition coefficient (Wildman–Crippen LogP) is 0.794. The number of rotatable bonds is 7. The lowest BCUT2D eigenvalue weighted by molar-refractivity contribution is 0.0212. The second-order valence-electron chi connectivity index (χ2n) is 3.52. The van der Waals surface area contributed by atoms with Crippen molar-refractivity contribution in [2.75, 3.05) is 39.3 Å². The molecule has 0 heterocycles. The molecule has 0 aliphatic heterocycles. The highest BCUT2D eigenvalue weighted by Crippen LogP contribution is 2.20. The van der Waals surface area contributed by atoms with E-state index in [2.05, 4.69) is 0 Å². The first-order valence-corrected chi connectivity index (χ1v) is 5.47. The maximum atomic E-state index is 11.6. The smallest absolute Gasteiger partial charge is 0.341 e. The summed E-state index contributed by atoms with van der Waals surface area (Å²) < 4.78 is 14.8. The van der Waals surface area contributed by atoms with Gasteiger partial charge < -0.3 is 25.1 Å². The maximum absolute atomic E-state index is 11.6. The molecule has 3 N–H and O–H groups in total. The molecule has 0 saturated carbocycles. The topological polar surface area (TPSA) is 91.0 Å². The minimum atomic E-state index is -0.608. The Morgan fingerprint density at radius 3 is 2.67 bits per heavy atom. The zero-order valence-corrected chi connectivity index (χ0v) is 10.2. The number of hydrogen-bond acceptors (Lipinski definition) is 6. The summed E-state index contributed by atoms with van der Waals surface area (Å²) in [6, 6.07) is 4.23. The van der Waals surface area contributed by atoms with Gasteiger partial charge in [0.1, 0.15) is 17.9 Å². The minimum absolute atomic E-state index is 0.0843. The van der Waals surface area contributed by atoms with E-state index < -0.39 is 5.97 Å². The summed E-state index contributed by atoms with van der Waals surface area (Å²) in [6.07, 6.45) is 0. The van der Waals surface area contributed by atoms with Gasteiger partial charge in [0.25, 0.3) is 0 Å². The summed E-state index contributed by atoms with van der Waals surface area (Å²) in [6.45, 7) is 1.34. The quantitative estimate of drug-likeness (QED) is 0.425. The number of benzene rings is 1. The summed E-state index contributed by atoms with van der Waals surface area (Å²) in [5.41, 5.74) is 5.92. The molecule has 0 bridgehead atoms. The van der Waals surface area contributed by atoms with Gasteiger partial charge in [-0.2, -0.15) is 0 Å². The number of phenols is 1.